The van der Waals surface area contributed by atoms with Crippen molar-refractivity contribution in [2.75, 3.05) is 11.1 Å². The van der Waals surface area contributed by atoms with Crippen molar-refractivity contribution in [2.45, 2.75) is 0 Å². The second-order valence-corrected chi connectivity index (χ2v) is 5.27. The van der Waals surface area contributed by atoms with Gasteiger partial charge in [0, 0.05) is 16.6 Å². The summed E-state index contributed by atoms with van der Waals surface area (Å²) in [5.41, 5.74) is 13.5. The van der Waals surface area contributed by atoms with Crippen molar-refractivity contribution in [3.05, 3.63) is 60.3 Å². The van der Waals surface area contributed by atoms with Gasteiger partial charge in [0.05, 0.1) is 5.69 Å². The van der Waals surface area contributed by atoms with E-state index in [-0.39, 0.29) is 5.11 Å². The molecule has 0 unspecified atom stereocenters. The zero-order chi connectivity index (χ0) is 16.2. The molecule has 0 radical (unpaired) electrons. The highest BCUT2D eigenvalue weighted by Crippen LogP contribution is 2.24. The van der Waals surface area contributed by atoms with E-state index in [1.165, 1.54) is 0 Å². The lowest BCUT2D eigenvalue weighted by Crippen LogP contribution is -2.44. The van der Waals surface area contributed by atoms with Gasteiger partial charge in [-0.05, 0) is 30.4 Å². The minimum absolute atomic E-state index is 0.277. The Balaban J connectivity index is 1.64. The number of thiocarbonyl (C=S) groups is 1. The van der Waals surface area contributed by atoms with Crippen LogP contribution in [0, 0.1) is 0 Å². The second kappa shape index (κ2) is 6.37. The molecule has 0 fully saturated rings. The number of carbonyl (C=O) groups is 1. The van der Waals surface area contributed by atoms with Crippen LogP contribution in [0.4, 0.5) is 11.4 Å². The number of hydrogen-bond donors (Lipinski definition) is 5. The van der Waals surface area contributed by atoms with Crippen LogP contribution in [0.25, 0.3) is 10.9 Å². The Hall–Kier alpha value is -3.06. The molecular weight excluding hydrogens is 310 g/mol. The molecule has 116 valence electrons. The molecule has 0 saturated heterocycles. The van der Waals surface area contributed by atoms with Gasteiger partial charge in [0.1, 0.15) is 5.69 Å². The van der Waals surface area contributed by atoms with Gasteiger partial charge in [-0.1, -0.05) is 36.4 Å². The number of aromatic nitrogens is 1. The summed E-state index contributed by atoms with van der Waals surface area (Å²) >= 11 is 5.12. The molecular formula is C16H15N5OS. The van der Waals surface area contributed by atoms with Crippen LogP contribution < -0.4 is 21.9 Å². The maximum absolute atomic E-state index is 12.2. The highest BCUT2D eigenvalue weighted by atomic mass is 32.1. The summed E-state index contributed by atoms with van der Waals surface area (Å²) < 4.78 is 0. The Morgan fingerprint density at radius 2 is 1.70 bits per heavy atom. The molecule has 0 aliphatic rings. The van der Waals surface area contributed by atoms with Crippen molar-refractivity contribution < 1.29 is 4.79 Å². The van der Waals surface area contributed by atoms with Gasteiger partial charge >= 0.3 is 0 Å². The molecule has 2 aromatic carbocycles. The zero-order valence-electron chi connectivity index (χ0n) is 12.1. The number of nitrogens with two attached hydrogens (primary N) is 1. The van der Waals surface area contributed by atoms with Gasteiger partial charge in [0.25, 0.3) is 5.91 Å². The molecule has 23 heavy (non-hydrogen) atoms. The fourth-order valence-corrected chi connectivity index (χ4v) is 2.37. The van der Waals surface area contributed by atoms with E-state index in [4.69, 9.17) is 18.0 Å². The first-order chi connectivity index (χ1) is 11.1. The van der Waals surface area contributed by atoms with Crippen molar-refractivity contribution in [2.24, 2.45) is 0 Å². The molecule has 6 nitrogen and oxygen atoms in total. The fraction of sp³-hybridized carbons (Fsp3) is 0. The lowest BCUT2D eigenvalue weighted by atomic mass is 10.2. The third-order valence-electron chi connectivity index (χ3n) is 3.29. The molecule has 1 aromatic heterocycles. The summed E-state index contributed by atoms with van der Waals surface area (Å²) in [6, 6.07) is 16.9. The largest absolute Gasteiger partial charge is 0.396 e. The predicted molar refractivity (Wildman–Crippen MR) is 96.0 cm³/mol. The number of hydrazine groups is 1. The third-order valence-corrected chi connectivity index (χ3v) is 3.50. The van der Waals surface area contributed by atoms with Crippen molar-refractivity contribution in [3.8, 4) is 0 Å². The van der Waals surface area contributed by atoms with Crippen molar-refractivity contribution >= 4 is 45.5 Å². The normalized spacial score (nSPS) is 10.3. The number of benzene rings is 2. The van der Waals surface area contributed by atoms with Crippen molar-refractivity contribution in [3.63, 3.8) is 0 Å². The maximum Gasteiger partial charge on any atom is 0.288 e. The minimum atomic E-state index is -0.393. The van der Waals surface area contributed by atoms with Crippen LogP contribution in [0.3, 0.4) is 0 Å². The summed E-state index contributed by atoms with van der Waals surface area (Å²) in [6.07, 6.45) is 0. The average Bonchev–Trinajstić information content (AvgIpc) is 2.91. The first kappa shape index (κ1) is 14.9. The second-order valence-electron chi connectivity index (χ2n) is 4.86. The zero-order valence-corrected chi connectivity index (χ0v) is 12.9. The molecule has 0 aliphatic heterocycles. The number of rotatable bonds is 2. The van der Waals surface area contributed by atoms with Crippen LogP contribution in [-0.4, -0.2) is 16.0 Å². The van der Waals surface area contributed by atoms with Gasteiger partial charge in [0.15, 0.2) is 5.11 Å². The number of fused-ring (bicyclic) bond motifs is 1. The van der Waals surface area contributed by atoms with Gasteiger partial charge in [-0.15, -0.1) is 0 Å². The third kappa shape index (κ3) is 3.24. The first-order valence-corrected chi connectivity index (χ1v) is 7.34. The SMILES string of the molecule is Nc1c(C(=O)NNC(=S)Nc2ccccc2)[nH]c2ccccc12. The van der Waals surface area contributed by atoms with Crippen LogP contribution in [-0.2, 0) is 0 Å². The van der Waals surface area contributed by atoms with Gasteiger partial charge in [-0.25, -0.2) is 0 Å². The Labute approximate surface area is 138 Å². The van der Waals surface area contributed by atoms with E-state index < -0.39 is 5.91 Å². The molecule has 1 amide bonds. The van der Waals surface area contributed by atoms with Crippen LogP contribution in [0.5, 0.6) is 0 Å². The Morgan fingerprint density at radius 1 is 1.00 bits per heavy atom. The van der Waals surface area contributed by atoms with Crippen LogP contribution in [0.2, 0.25) is 0 Å². The van der Waals surface area contributed by atoms with E-state index in [2.05, 4.69) is 21.2 Å². The molecule has 7 heteroatoms. The topological polar surface area (TPSA) is 95.0 Å². The number of H-pyrrole nitrogens is 1. The predicted octanol–water partition coefficient (Wildman–Crippen LogP) is 2.38. The van der Waals surface area contributed by atoms with Gasteiger partial charge < -0.3 is 16.0 Å². The molecule has 6 N–H and O–H groups in total. The van der Waals surface area contributed by atoms with Crippen LogP contribution in [0.15, 0.2) is 54.6 Å². The average molecular weight is 325 g/mol. The summed E-state index contributed by atoms with van der Waals surface area (Å²) in [5.74, 6) is -0.393. The van der Waals surface area contributed by atoms with E-state index in [1.807, 2.05) is 54.6 Å². The quantitative estimate of drug-likeness (QED) is 0.368. The molecule has 0 spiro atoms. The monoisotopic (exact) mass is 325 g/mol. The first-order valence-electron chi connectivity index (χ1n) is 6.93. The Bertz CT molecular complexity index is 859. The highest BCUT2D eigenvalue weighted by molar-refractivity contribution is 7.80. The summed E-state index contributed by atoms with van der Waals surface area (Å²) in [5, 5.41) is 4.04. The van der Waals surface area contributed by atoms with Crippen LogP contribution in [0.1, 0.15) is 10.5 Å². The molecule has 1 heterocycles. The number of nitrogens with one attached hydrogen (secondary N) is 4. The van der Waals surface area contributed by atoms with Gasteiger partial charge in [-0.3, -0.25) is 15.6 Å². The number of carbonyl (C=O) groups excluding carboxylic acids is 1. The number of nitrogen functional groups attached to an aromatic ring is 1. The summed E-state index contributed by atoms with van der Waals surface area (Å²) in [7, 11) is 0. The molecule has 3 rings (SSSR count). The standard InChI is InChI=1S/C16H15N5OS/c17-13-11-8-4-5-9-12(11)19-14(13)15(22)20-21-16(23)18-10-6-2-1-3-7-10/h1-9,19H,17H2,(H,20,22)(H2,18,21,23). The molecule has 3 aromatic rings. The summed E-state index contributed by atoms with van der Waals surface area (Å²) in [6.45, 7) is 0. The van der Waals surface area contributed by atoms with Gasteiger partial charge in [-0.2, -0.15) is 0 Å². The smallest absolute Gasteiger partial charge is 0.288 e. The molecule has 0 aliphatic carbocycles. The van der Waals surface area contributed by atoms with E-state index in [1.54, 1.807) is 0 Å². The number of anilines is 2. The maximum atomic E-state index is 12.2. The minimum Gasteiger partial charge on any atom is -0.396 e. The van der Waals surface area contributed by atoms with Gasteiger partial charge in [0.2, 0.25) is 0 Å². The summed E-state index contributed by atoms with van der Waals surface area (Å²) in [4.78, 5) is 15.2. The highest BCUT2D eigenvalue weighted by Gasteiger charge is 2.15. The lowest BCUT2D eigenvalue weighted by Gasteiger charge is -2.11. The fourth-order valence-electron chi connectivity index (χ4n) is 2.20. The number of amides is 1. The molecule has 0 atom stereocenters. The van der Waals surface area contributed by atoms with Crippen molar-refractivity contribution in [1.29, 1.82) is 0 Å². The van der Waals surface area contributed by atoms with E-state index in [0.29, 0.717) is 11.4 Å². The van der Waals surface area contributed by atoms with E-state index >= 15 is 0 Å². The molecule has 0 saturated carbocycles. The Kier molecular flexibility index (Phi) is 4.11. The Morgan fingerprint density at radius 3 is 2.43 bits per heavy atom. The number of aromatic amines is 1. The van der Waals surface area contributed by atoms with Crippen molar-refractivity contribution in [1.82, 2.24) is 15.8 Å². The lowest BCUT2D eigenvalue weighted by molar-refractivity contribution is 0.0941. The van der Waals surface area contributed by atoms with E-state index in [9.17, 15) is 4.79 Å². The number of para-hydroxylation sites is 2. The van der Waals surface area contributed by atoms with E-state index in [0.717, 1.165) is 16.6 Å². The van der Waals surface area contributed by atoms with Crippen LogP contribution >= 0.6 is 12.2 Å². The molecule has 0 bridgehead atoms. The number of hydrogen-bond acceptors (Lipinski definition) is 3.